The zero-order chi connectivity index (χ0) is 14.3. The summed E-state index contributed by atoms with van der Waals surface area (Å²) in [6, 6.07) is 13.4. The highest BCUT2D eigenvalue weighted by atomic mass is 32.2. The Bertz CT molecular complexity index is 735. The van der Waals surface area contributed by atoms with E-state index < -0.39 is 21.4 Å². The van der Waals surface area contributed by atoms with E-state index in [0.29, 0.717) is 11.3 Å². The van der Waals surface area contributed by atoms with E-state index in [2.05, 4.69) is 0 Å². The van der Waals surface area contributed by atoms with E-state index >= 15 is 0 Å². The van der Waals surface area contributed by atoms with E-state index in [9.17, 15) is 13.5 Å². The second-order valence-electron chi connectivity index (χ2n) is 4.82. The molecule has 0 saturated heterocycles. The predicted octanol–water partition coefficient (Wildman–Crippen LogP) is 2.22. The molecule has 104 valence electrons. The maximum absolute atomic E-state index is 12.7. The van der Waals surface area contributed by atoms with Gasteiger partial charge in [0, 0.05) is 5.56 Å². The van der Waals surface area contributed by atoms with E-state index in [1.54, 1.807) is 48.5 Å². The van der Waals surface area contributed by atoms with Crippen LogP contribution in [0.1, 0.15) is 16.4 Å². The van der Waals surface area contributed by atoms with Gasteiger partial charge in [-0.1, -0.05) is 35.9 Å². The molecular weight excluding hydrogens is 276 g/mol. The van der Waals surface area contributed by atoms with Crippen LogP contribution in [0.15, 0.2) is 53.4 Å². The van der Waals surface area contributed by atoms with Crippen LogP contribution in [-0.4, -0.2) is 19.8 Å². The molecule has 0 aliphatic carbocycles. The Balaban J connectivity index is 2.10. The van der Waals surface area contributed by atoms with Crippen LogP contribution in [0.2, 0.25) is 0 Å². The minimum absolute atomic E-state index is 0.187. The number of aliphatic hydroxyl groups is 1. The van der Waals surface area contributed by atoms with Gasteiger partial charge < -0.3 is 9.84 Å². The number of sulfone groups is 1. The van der Waals surface area contributed by atoms with Crippen LogP contribution in [0, 0.1) is 6.92 Å². The molecule has 1 aliphatic heterocycles. The minimum atomic E-state index is -3.69. The highest BCUT2D eigenvalue weighted by molar-refractivity contribution is 7.91. The van der Waals surface area contributed by atoms with E-state index in [1.807, 2.05) is 6.92 Å². The van der Waals surface area contributed by atoms with Gasteiger partial charge in [0.05, 0.1) is 4.90 Å². The third kappa shape index (κ3) is 1.99. The third-order valence-corrected chi connectivity index (χ3v) is 5.50. The van der Waals surface area contributed by atoms with Gasteiger partial charge in [0.2, 0.25) is 6.29 Å². The molecule has 0 unspecified atom stereocenters. The van der Waals surface area contributed by atoms with E-state index in [-0.39, 0.29) is 4.90 Å². The van der Waals surface area contributed by atoms with Gasteiger partial charge in [0.1, 0.15) is 5.75 Å². The smallest absolute Gasteiger partial charge is 0.219 e. The summed E-state index contributed by atoms with van der Waals surface area (Å²) in [6.07, 6.45) is -1.38. The Labute approximate surface area is 117 Å². The van der Waals surface area contributed by atoms with Crippen molar-refractivity contribution in [2.24, 2.45) is 0 Å². The molecule has 2 atom stereocenters. The van der Waals surface area contributed by atoms with Gasteiger partial charge in [0.25, 0.3) is 0 Å². The monoisotopic (exact) mass is 290 g/mol. The largest absolute Gasteiger partial charge is 0.463 e. The van der Waals surface area contributed by atoms with Gasteiger partial charge in [-0.25, -0.2) is 8.42 Å². The van der Waals surface area contributed by atoms with Crippen LogP contribution in [0.3, 0.4) is 0 Å². The molecule has 2 aromatic carbocycles. The van der Waals surface area contributed by atoms with Gasteiger partial charge in [0.15, 0.2) is 15.1 Å². The van der Waals surface area contributed by atoms with E-state index in [0.717, 1.165) is 5.56 Å². The Kier molecular flexibility index (Phi) is 3.03. The van der Waals surface area contributed by atoms with Crippen LogP contribution in [0.25, 0.3) is 0 Å². The number of hydrogen-bond acceptors (Lipinski definition) is 4. The second kappa shape index (κ2) is 4.61. The van der Waals surface area contributed by atoms with Crippen molar-refractivity contribution in [1.82, 2.24) is 0 Å². The number of para-hydroxylation sites is 1. The number of aryl methyl sites for hydroxylation is 1. The summed E-state index contributed by atoms with van der Waals surface area (Å²) in [6.45, 7) is 1.89. The maximum atomic E-state index is 12.7. The molecule has 0 aromatic heterocycles. The van der Waals surface area contributed by atoms with Gasteiger partial charge in [-0.05, 0) is 25.1 Å². The molecule has 0 radical (unpaired) electrons. The average molecular weight is 290 g/mol. The molecule has 0 spiro atoms. The zero-order valence-corrected chi connectivity index (χ0v) is 11.7. The molecule has 0 bridgehead atoms. The normalized spacial score (nSPS) is 21.3. The van der Waals surface area contributed by atoms with Gasteiger partial charge in [-0.15, -0.1) is 0 Å². The average Bonchev–Trinajstić information content (AvgIpc) is 2.75. The van der Waals surface area contributed by atoms with Crippen molar-refractivity contribution in [2.45, 2.75) is 23.4 Å². The molecule has 1 aliphatic rings. The van der Waals surface area contributed by atoms with E-state index in [1.165, 1.54) is 0 Å². The molecule has 2 aromatic rings. The molecule has 0 saturated carbocycles. The summed E-state index contributed by atoms with van der Waals surface area (Å²) >= 11 is 0. The van der Waals surface area contributed by atoms with Crippen LogP contribution < -0.4 is 4.74 Å². The lowest BCUT2D eigenvalue weighted by atomic mass is 10.1. The van der Waals surface area contributed by atoms with Crippen molar-refractivity contribution < 1.29 is 18.3 Å². The number of rotatable bonds is 2. The molecule has 4 nitrogen and oxygen atoms in total. The number of hydrogen-bond donors (Lipinski definition) is 1. The van der Waals surface area contributed by atoms with Crippen LogP contribution in [0.5, 0.6) is 5.75 Å². The molecule has 3 rings (SSSR count). The standard InChI is InChI=1S/C15H14O4S/c1-10-6-8-11(9-7-10)20(17,18)14-12-4-2-3-5-13(12)19-15(14)16/h2-9,14-16H,1H3/t14-,15-/m1/s1. The number of benzene rings is 2. The van der Waals surface area contributed by atoms with Crippen molar-refractivity contribution in [3.8, 4) is 5.75 Å². The Hall–Kier alpha value is -1.85. The van der Waals surface area contributed by atoms with Crippen LogP contribution in [0.4, 0.5) is 0 Å². The Morgan fingerprint density at radius 3 is 2.40 bits per heavy atom. The van der Waals surface area contributed by atoms with Gasteiger partial charge >= 0.3 is 0 Å². The minimum Gasteiger partial charge on any atom is -0.463 e. The highest BCUT2D eigenvalue weighted by Gasteiger charge is 2.43. The summed E-state index contributed by atoms with van der Waals surface area (Å²) in [7, 11) is -3.69. The van der Waals surface area contributed by atoms with Crippen LogP contribution >= 0.6 is 0 Å². The van der Waals surface area contributed by atoms with Crippen molar-refractivity contribution >= 4 is 9.84 Å². The van der Waals surface area contributed by atoms with Crippen molar-refractivity contribution in [3.63, 3.8) is 0 Å². The lowest BCUT2D eigenvalue weighted by Crippen LogP contribution is -2.25. The first-order chi connectivity index (χ1) is 9.50. The van der Waals surface area contributed by atoms with Gasteiger partial charge in [-0.3, -0.25) is 0 Å². The Morgan fingerprint density at radius 2 is 1.70 bits per heavy atom. The van der Waals surface area contributed by atoms with Crippen molar-refractivity contribution in [1.29, 1.82) is 0 Å². The quantitative estimate of drug-likeness (QED) is 0.921. The number of fused-ring (bicyclic) bond motifs is 1. The predicted molar refractivity (Wildman–Crippen MR) is 74.2 cm³/mol. The summed E-state index contributed by atoms with van der Waals surface area (Å²) in [5.41, 5.74) is 1.48. The first-order valence-electron chi connectivity index (χ1n) is 6.24. The lowest BCUT2D eigenvalue weighted by Gasteiger charge is -2.15. The molecule has 5 heteroatoms. The molecule has 0 amide bonds. The summed E-state index contributed by atoms with van der Waals surface area (Å²) in [5.74, 6) is 0.417. The summed E-state index contributed by atoms with van der Waals surface area (Å²) < 4.78 is 30.6. The third-order valence-electron chi connectivity index (χ3n) is 3.42. The van der Waals surface area contributed by atoms with Crippen molar-refractivity contribution in [3.05, 3.63) is 59.7 Å². The molecule has 1 N–H and O–H groups in total. The fourth-order valence-electron chi connectivity index (χ4n) is 2.36. The fraction of sp³-hybridized carbons (Fsp3) is 0.200. The Morgan fingerprint density at radius 1 is 1.05 bits per heavy atom. The topological polar surface area (TPSA) is 63.6 Å². The second-order valence-corrected chi connectivity index (χ2v) is 6.89. The lowest BCUT2D eigenvalue weighted by molar-refractivity contribution is -0.00174. The number of aliphatic hydroxyl groups excluding tert-OH is 1. The van der Waals surface area contributed by atoms with Gasteiger partial charge in [-0.2, -0.15) is 0 Å². The molecule has 0 fully saturated rings. The first kappa shape index (κ1) is 13.1. The zero-order valence-electron chi connectivity index (χ0n) is 10.9. The molecular formula is C15H14O4S. The first-order valence-corrected chi connectivity index (χ1v) is 7.79. The van der Waals surface area contributed by atoms with Crippen molar-refractivity contribution in [2.75, 3.05) is 0 Å². The highest BCUT2D eigenvalue weighted by Crippen LogP contribution is 2.42. The van der Waals surface area contributed by atoms with Crippen LogP contribution in [-0.2, 0) is 9.84 Å². The number of ether oxygens (including phenoxy) is 1. The summed E-state index contributed by atoms with van der Waals surface area (Å²) in [4.78, 5) is 0.187. The molecule has 20 heavy (non-hydrogen) atoms. The maximum Gasteiger partial charge on any atom is 0.219 e. The summed E-state index contributed by atoms with van der Waals surface area (Å²) in [5, 5.41) is 8.88. The fourth-order valence-corrected chi connectivity index (χ4v) is 4.06. The van der Waals surface area contributed by atoms with E-state index in [4.69, 9.17) is 4.74 Å². The SMILES string of the molecule is Cc1ccc(S(=O)(=O)[C@@H]2c3ccccc3O[C@H]2O)cc1. The molecule has 1 heterocycles.